The minimum Gasteiger partial charge on any atom is -0.493 e. The lowest BCUT2D eigenvalue weighted by molar-refractivity contribution is 0.100. The molecule has 26 nitrogen and oxygen atoms in total. The van der Waals surface area contributed by atoms with Gasteiger partial charge in [-0.2, -0.15) is 0 Å². The van der Waals surface area contributed by atoms with E-state index in [1.165, 1.54) is 44.6 Å². The van der Waals surface area contributed by atoms with E-state index in [0.717, 1.165) is 50.1 Å². The fraction of sp³-hybridized carbons (Fsp3) is 0.171. The number of aliphatic hydroxyl groups excluding tert-OH is 3. The molecule has 11 N–H and O–H groups in total. The molecule has 0 fully saturated rings. The highest BCUT2D eigenvalue weighted by Gasteiger charge is 2.21. The number of anilines is 4. The molecule has 0 aliphatic rings. The second kappa shape index (κ2) is 43.0. The number of nitrogens with two attached hydrogens (primary N) is 3. The highest BCUT2D eigenvalue weighted by Crippen LogP contribution is 2.61. The lowest BCUT2D eigenvalue weighted by Gasteiger charge is -2.15. The number of nitrogen functional groups attached to an aromatic ring is 2. The number of halogens is 4. The molecule has 590 valence electrons. The Morgan fingerprint density at radius 2 is 0.894 bits per heavy atom. The van der Waals surface area contributed by atoms with Gasteiger partial charge in [0.25, 0.3) is 11.5 Å². The number of primary amides is 1. The minimum atomic E-state index is -3.22. The van der Waals surface area contributed by atoms with Crippen LogP contribution in [0.15, 0.2) is 199 Å². The van der Waals surface area contributed by atoms with E-state index in [4.69, 9.17) is 96.7 Å². The fourth-order valence-electron chi connectivity index (χ4n) is 11.0. The number of para-hydroxylation sites is 4. The van der Waals surface area contributed by atoms with Gasteiger partial charge in [-0.25, -0.2) is 24.9 Å². The molecule has 3 aromatic heterocycles. The number of aliphatic hydroxyl groups is 3. The van der Waals surface area contributed by atoms with Crippen molar-refractivity contribution < 1.29 is 72.1 Å². The Labute approximate surface area is 671 Å². The summed E-state index contributed by atoms with van der Waals surface area (Å²) in [5.41, 5.74) is 26.9. The van der Waals surface area contributed by atoms with Crippen LogP contribution in [-0.4, -0.2) is 121 Å². The summed E-state index contributed by atoms with van der Waals surface area (Å²) in [6.07, 6.45) is 0.638. The van der Waals surface area contributed by atoms with E-state index in [1.54, 1.807) is 109 Å². The molecule has 0 aliphatic heterocycles. The molecule has 3 heterocycles. The number of ether oxygens (including phenoxy) is 9. The van der Waals surface area contributed by atoms with Gasteiger partial charge in [0, 0.05) is 50.1 Å². The van der Waals surface area contributed by atoms with Gasteiger partial charge >= 0.3 is 5.20 Å². The Kier molecular flexibility index (Phi) is 33.6. The molecule has 0 atom stereocenters. The van der Waals surface area contributed by atoms with Gasteiger partial charge in [-0.05, 0) is 197 Å². The van der Waals surface area contributed by atoms with Crippen LogP contribution in [0, 0.1) is 13.8 Å². The van der Waals surface area contributed by atoms with Crippen molar-refractivity contribution in [3.05, 3.63) is 249 Å². The van der Waals surface area contributed by atoms with Crippen molar-refractivity contribution in [3.63, 3.8) is 0 Å². The first kappa shape index (κ1) is 88.2. The van der Waals surface area contributed by atoms with Crippen LogP contribution in [0.2, 0.25) is 5.15 Å². The number of aromatic nitrogens is 6. The van der Waals surface area contributed by atoms with Gasteiger partial charge < -0.3 is 85.5 Å². The summed E-state index contributed by atoms with van der Waals surface area (Å²) < 4.78 is 57.9. The Balaban J connectivity index is 0.000000194. The number of hydrogen-bond donors (Lipinski definition) is 8. The van der Waals surface area contributed by atoms with Crippen LogP contribution in [0.3, 0.4) is 0 Å². The molecular weight excluding hydrogens is 1550 g/mol. The second-order valence-corrected chi connectivity index (χ2v) is 30.6. The van der Waals surface area contributed by atoms with E-state index in [-0.39, 0.29) is 25.4 Å². The smallest absolute Gasteiger partial charge is 0.339 e. The fourth-order valence-corrected chi connectivity index (χ4v) is 11.2. The van der Waals surface area contributed by atoms with Crippen LogP contribution in [0.1, 0.15) is 48.5 Å². The first-order valence-corrected chi connectivity index (χ1v) is 38.6. The van der Waals surface area contributed by atoms with E-state index in [1.807, 2.05) is 110 Å². The topological polar surface area (TPSA) is 382 Å². The zero-order valence-electron chi connectivity index (χ0n) is 63.2. The summed E-state index contributed by atoms with van der Waals surface area (Å²) >= 11 is 20.1. The minimum absolute atomic E-state index is 0.195. The number of fused-ring (bicyclic) bond motifs is 3. The summed E-state index contributed by atoms with van der Waals surface area (Å²) in [6, 6.07) is 59.1. The Hall–Kier alpha value is -12.0. The van der Waals surface area contributed by atoms with Crippen molar-refractivity contribution in [1.82, 2.24) is 29.9 Å². The Bertz CT molecular complexity index is 5420. The van der Waals surface area contributed by atoms with E-state index in [0.29, 0.717) is 131 Å². The maximum absolute atomic E-state index is 12.2. The van der Waals surface area contributed by atoms with Crippen molar-refractivity contribution in [3.8, 4) is 85.9 Å². The molecule has 113 heavy (non-hydrogen) atoms. The van der Waals surface area contributed by atoms with Crippen LogP contribution < -0.4 is 70.7 Å². The number of methoxy groups -OCH3 is 9. The number of aryl methyl sites for hydroxylation is 2. The van der Waals surface area contributed by atoms with Crippen molar-refractivity contribution in [1.29, 1.82) is 0 Å². The molecule has 1 amide bonds. The van der Waals surface area contributed by atoms with Gasteiger partial charge in [0.15, 0.2) is 46.1 Å². The van der Waals surface area contributed by atoms with Gasteiger partial charge in [0.1, 0.15) is 23.1 Å². The molecule has 0 radical (unpaired) electrons. The van der Waals surface area contributed by atoms with Gasteiger partial charge in [-0.1, -0.05) is 84.4 Å². The van der Waals surface area contributed by atoms with Crippen molar-refractivity contribution >= 4 is 118 Å². The van der Waals surface area contributed by atoms with E-state index in [9.17, 15) is 18.9 Å². The number of benzene rings is 10. The number of H-pyrrole nitrogens is 1. The molecule has 13 rings (SSSR count). The number of nitrogens with one attached hydrogen (secondary N) is 2. The van der Waals surface area contributed by atoms with Gasteiger partial charge in [0.05, 0.1) is 111 Å². The molecule has 0 spiro atoms. The predicted octanol–water partition coefficient (Wildman–Crippen LogP) is 16.7. The average molecular weight is 1640 g/mol. The van der Waals surface area contributed by atoms with Gasteiger partial charge in [0.2, 0.25) is 17.2 Å². The second-order valence-electron chi connectivity index (χ2n) is 23.6. The maximum Gasteiger partial charge on any atom is 0.339 e. The molecule has 0 bridgehead atoms. The number of carbonyl (C=O) groups is 2. The highest BCUT2D eigenvalue weighted by molar-refractivity contribution is 8.24. The largest absolute Gasteiger partial charge is 0.493 e. The zero-order valence-corrected chi connectivity index (χ0v) is 67.2. The number of aromatic amines is 1. The standard InChI is InChI=1S/C24H23N3O3.C17H15ClN2O3.C17H16N2O4.C10H12O4.C7H8N2O.C7H9N.Cl3OP/c1-15-8-7-9-17(12-15)25-24-18-10-5-6-11-19(18)26-23(27-24)16-13-20(28-2)22(30-4)21(14-16)29-3;1-21-13-8-10(9-14(22-2)15(13)23-3)17-19-12-7-5-4-6-11(12)16(18)20-17;1-21-13-8-10(9-14(22-2)15(13)23-3)16-18-12-7-5-4-6-11(12)17(20)19-16;11-3-7-1-8(4-12)10(6-14)9(2-7)5-13;8-6-4-2-1-3-5(6)7(9)10;1-6-3-2-4-7(8)5-6;1-5(2,3)4/h5-14H,1-4H3,(H,25,26,27);4-9H,1-3H3;4-9H,1-3H3,(H,18,19,20);1-3,12-14H,4-6H2;1-4H,8H2,(H2,9,10);2-5H,8H2,1H3;. The van der Waals surface area contributed by atoms with Gasteiger partial charge in [-0.15, -0.1) is 0 Å². The van der Waals surface area contributed by atoms with E-state index >= 15 is 0 Å². The maximum atomic E-state index is 12.2. The van der Waals surface area contributed by atoms with Crippen LogP contribution in [-0.2, 0) is 24.4 Å². The molecular formula is C82H83Cl4N10O16P. The zero-order chi connectivity index (χ0) is 82.5. The summed E-state index contributed by atoms with van der Waals surface area (Å²) in [6.45, 7) is 3.31. The lowest BCUT2D eigenvalue weighted by atomic mass is 9.99. The number of amides is 1. The molecule has 0 saturated heterocycles. The molecule has 0 aliphatic carbocycles. The Morgan fingerprint density at radius 1 is 0.487 bits per heavy atom. The molecule has 0 saturated carbocycles. The third-order valence-electron chi connectivity index (χ3n) is 16.2. The quantitative estimate of drug-likeness (QED) is 0.0161. The molecule has 10 aromatic carbocycles. The summed E-state index contributed by atoms with van der Waals surface area (Å²) in [5, 5.41) is 29.9. The first-order valence-electron chi connectivity index (χ1n) is 33.8. The normalized spacial score (nSPS) is 10.4. The number of carbonyl (C=O) groups excluding carboxylic acids is 2. The summed E-state index contributed by atoms with van der Waals surface area (Å²) in [4.78, 5) is 59.1. The van der Waals surface area contributed by atoms with Crippen molar-refractivity contribution in [2.24, 2.45) is 5.73 Å². The molecule has 0 unspecified atom stereocenters. The van der Waals surface area contributed by atoms with Crippen LogP contribution in [0.4, 0.5) is 22.9 Å². The number of nitrogens with zero attached hydrogens (tertiary/aromatic N) is 5. The third-order valence-corrected chi connectivity index (χ3v) is 16.5. The number of hydrogen-bond acceptors (Lipinski definition) is 24. The summed E-state index contributed by atoms with van der Waals surface area (Å²) in [5.74, 6) is 6.45. The van der Waals surface area contributed by atoms with Crippen LogP contribution in [0.5, 0.6) is 51.7 Å². The van der Waals surface area contributed by atoms with Crippen molar-refractivity contribution in [2.45, 2.75) is 33.7 Å². The monoisotopic (exact) mass is 1630 g/mol. The Morgan fingerprint density at radius 3 is 1.29 bits per heavy atom. The SMILES string of the molecule is COc1cc(-c2nc(Cl)c3ccccc3n2)cc(OC)c1OC.COc1cc(-c2nc(Nc3cccc(C)c3)c3ccccc3n2)cc(OC)c1OC.COc1cc(-c2nc3ccccc3c(=O)[nH]2)cc(OC)c1OC.Cc1cccc(N)c1.NC(=O)c1ccccc1N.O=Cc1cc(CO)c(CO)c(CO)c1.O=P(Cl)(Cl)Cl. The van der Waals surface area contributed by atoms with Crippen LogP contribution in [0.25, 0.3) is 66.9 Å². The predicted molar refractivity (Wildman–Crippen MR) is 446 cm³/mol. The first-order chi connectivity index (χ1) is 54.2. The summed E-state index contributed by atoms with van der Waals surface area (Å²) in [7, 11) is 14.1. The van der Waals surface area contributed by atoms with E-state index < -0.39 is 11.1 Å². The molecule has 31 heteroatoms. The lowest BCUT2D eigenvalue weighted by Crippen LogP contribution is -2.12. The number of aldehydes is 1. The third kappa shape index (κ3) is 24.5. The molecule has 13 aromatic rings. The average Bonchev–Trinajstić information content (AvgIpc) is 0.786. The van der Waals surface area contributed by atoms with Gasteiger partial charge in [-0.3, -0.25) is 18.9 Å². The van der Waals surface area contributed by atoms with Crippen LogP contribution >= 0.6 is 50.5 Å². The van der Waals surface area contributed by atoms with Crippen molar-refractivity contribution in [2.75, 3.05) is 80.8 Å². The highest BCUT2D eigenvalue weighted by atomic mass is 36.0. The van der Waals surface area contributed by atoms with E-state index in [2.05, 4.69) is 78.0 Å². The number of rotatable bonds is 19.